The number of esters is 1. The van der Waals surface area contributed by atoms with Crippen molar-refractivity contribution in [1.29, 1.82) is 0 Å². The van der Waals surface area contributed by atoms with Crippen LogP contribution >= 0.6 is 0 Å². The molecule has 1 aliphatic rings. The quantitative estimate of drug-likeness (QED) is 0.705. The second-order valence-corrected chi connectivity index (χ2v) is 6.84. The number of carbonyl (C=O) groups excluding carboxylic acids is 3. The summed E-state index contributed by atoms with van der Waals surface area (Å²) in [5.41, 5.74) is 1.87. The van der Waals surface area contributed by atoms with Gasteiger partial charge < -0.3 is 19.5 Å². The average Bonchev–Trinajstić information content (AvgIpc) is 3.03. The number of amides is 1. The van der Waals surface area contributed by atoms with Crippen LogP contribution in [0.1, 0.15) is 40.9 Å². The topological polar surface area (TPSA) is 93.1 Å². The molecule has 1 N–H and O–H groups in total. The first-order valence-electron chi connectivity index (χ1n) is 9.49. The second kappa shape index (κ2) is 8.82. The van der Waals surface area contributed by atoms with Crippen molar-refractivity contribution in [2.75, 3.05) is 14.2 Å². The van der Waals surface area contributed by atoms with Gasteiger partial charge in [0.15, 0.2) is 11.5 Å². The van der Waals surface area contributed by atoms with Gasteiger partial charge in [-0.2, -0.15) is 0 Å². The van der Waals surface area contributed by atoms with Crippen molar-refractivity contribution in [3.05, 3.63) is 76.6 Å². The first kappa shape index (κ1) is 21.1. The lowest BCUT2D eigenvalue weighted by molar-refractivity contribution is -0.130. The molecular formula is C23H23NO6. The van der Waals surface area contributed by atoms with Crippen molar-refractivity contribution in [3.63, 3.8) is 0 Å². The molecule has 30 heavy (non-hydrogen) atoms. The lowest BCUT2D eigenvalue weighted by Gasteiger charge is -2.27. The van der Waals surface area contributed by atoms with E-state index in [1.165, 1.54) is 19.1 Å². The minimum Gasteiger partial charge on any atom is -0.503 e. The summed E-state index contributed by atoms with van der Waals surface area (Å²) in [6, 6.07) is 13.0. The Bertz CT molecular complexity index is 1010. The van der Waals surface area contributed by atoms with E-state index in [4.69, 9.17) is 9.47 Å². The highest BCUT2D eigenvalue weighted by molar-refractivity contribution is 6.08. The number of nitrogens with zero attached hydrogens (tertiary/aromatic N) is 1. The Morgan fingerprint density at radius 1 is 1.10 bits per heavy atom. The van der Waals surface area contributed by atoms with E-state index < -0.39 is 23.7 Å². The molecule has 0 fully saturated rings. The first-order valence-corrected chi connectivity index (χ1v) is 9.49. The summed E-state index contributed by atoms with van der Waals surface area (Å²) in [5.74, 6) is -1.31. The lowest BCUT2D eigenvalue weighted by Crippen LogP contribution is -2.30. The Balaban J connectivity index is 2.00. The summed E-state index contributed by atoms with van der Waals surface area (Å²) < 4.78 is 9.98. The zero-order chi connectivity index (χ0) is 21.8. The number of aliphatic hydroxyl groups is 1. The van der Waals surface area contributed by atoms with Gasteiger partial charge in [-0.1, -0.05) is 31.2 Å². The maximum absolute atomic E-state index is 12.9. The molecule has 0 aromatic heterocycles. The fourth-order valence-electron chi connectivity index (χ4n) is 3.51. The van der Waals surface area contributed by atoms with Gasteiger partial charge in [0.2, 0.25) is 0 Å². The Kier molecular flexibility index (Phi) is 6.20. The van der Waals surface area contributed by atoms with Crippen molar-refractivity contribution in [1.82, 2.24) is 4.90 Å². The van der Waals surface area contributed by atoms with Crippen LogP contribution in [0.5, 0.6) is 5.75 Å². The van der Waals surface area contributed by atoms with Crippen LogP contribution in [0, 0.1) is 0 Å². The molecule has 2 aromatic carbocycles. The maximum atomic E-state index is 12.9. The summed E-state index contributed by atoms with van der Waals surface area (Å²) in [4.78, 5) is 38.5. The van der Waals surface area contributed by atoms with Gasteiger partial charge in [0.05, 0.1) is 31.4 Å². The molecule has 1 atom stereocenters. The van der Waals surface area contributed by atoms with Gasteiger partial charge in [-0.15, -0.1) is 0 Å². The van der Waals surface area contributed by atoms with Crippen LogP contribution in [0.2, 0.25) is 0 Å². The highest BCUT2D eigenvalue weighted by Gasteiger charge is 2.43. The fraction of sp³-hybridized carbons (Fsp3) is 0.261. The predicted molar refractivity (Wildman–Crippen MR) is 109 cm³/mol. The van der Waals surface area contributed by atoms with Gasteiger partial charge in [0.25, 0.3) is 5.91 Å². The van der Waals surface area contributed by atoms with Crippen LogP contribution in [-0.2, 0) is 20.9 Å². The summed E-state index contributed by atoms with van der Waals surface area (Å²) in [6.45, 7) is 1.83. The minimum absolute atomic E-state index is 0.0851. The van der Waals surface area contributed by atoms with Gasteiger partial charge >= 0.3 is 5.97 Å². The maximum Gasteiger partial charge on any atom is 0.337 e. The van der Waals surface area contributed by atoms with Crippen LogP contribution in [0.15, 0.2) is 59.9 Å². The molecule has 2 aromatic rings. The monoisotopic (exact) mass is 409 g/mol. The Hall–Kier alpha value is -3.61. The van der Waals surface area contributed by atoms with Gasteiger partial charge in [0.1, 0.15) is 5.75 Å². The summed E-state index contributed by atoms with van der Waals surface area (Å²) >= 11 is 0. The zero-order valence-electron chi connectivity index (χ0n) is 17.0. The molecule has 1 amide bonds. The summed E-state index contributed by atoms with van der Waals surface area (Å²) in [5, 5.41) is 10.5. The van der Waals surface area contributed by atoms with Crippen molar-refractivity contribution >= 4 is 17.7 Å². The number of aliphatic hydroxyl groups excluding tert-OH is 1. The van der Waals surface area contributed by atoms with Gasteiger partial charge in [-0.25, -0.2) is 4.79 Å². The van der Waals surface area contributed by atoms with Crippen LogP contribution in [0.4, 0.5) is 0 Å². The third kappa shape index (κ3) is 3.91. The van der Waals surface area contributed by atoms with E-state index in [0.717, 1.165) is 5.56 Å². The normalized spacial score (nSPS) is 16.0. The molecule has 3 rings (SSSR count). The highest BCUT2D eigenvalue weighted by atomic mass is 16.5. The molecular weight excluding hydrogens is 386 g/mol. The molecule has 7 nitrogen and oxygen atoms in total. The first-order chi connectivity index (χ1) is 14.4. The number of hydrogen-bond acceptors (Lipinski definition) is 6. The Labute approximate surface area is 174 Å². The highest BCUT2D eigenvalue weighted by Crippen LogP contribution is 2.40. The van der Waals surface area contributed by atoms with Crippen LogP contribution in [0.3, 0.4) is 0 Å². The number of ketones is 1. The average molecular weight is 409 g/mol. The number of hydrogen-bond donors (Lipinski definition) is 1. The van der Waals surface area contributed by atoms with E-state index in [1.807, 2.05) is 0 Å². The molecule has 0 radical (unpaired) electrons. The van der Waals surface area contributed by atoms with E-state index in [9.17, 15) is 19.5 Å². The number of Topliss-reactive ketones (excluding diaryl/α,β-unsaturated/α-hetero) is 1. The molecule has 1 unspecified atom stereocenters. The second-order valence-electron chi connectivity index (χ2n) is 6.84. The Morgan fingerprint density at radius 2 is 1.80 bits per heavy atom. The number of rotatable bonds is 7. The molecule has 7 heteroatoms. The molecule has 0 saturated carbocycles. The van der Waals surface area contributed by atoms with Crippen LogP contribution in [-0.4, -0.2) is 41.9 Å². The standard InChI is InChI=1S/C23H23NO6/c1-4-18(25)19-20(16-6-5-7-17(12-16)29-2)24(22(27)21(19)26)13-14-8-10-15(11-9-14)23(28)30-3/h5-12,20,26H,4,13H2,1-3H3. The SMILES string of the molecule is CCC(=O)C1=C(O)C(=O)N(Cc2ccc(C(=O)OC)cc2)C1c1cccc(OC)c1. The number of benzene rings is 2. The minimum atomic E-state index is -0.736. The number of carbonyl (C=O) groups is 3. The zero-order valence-corrected chi connectivity index (χ0v) is 17.0. The molecule has 1 heterocycles. The number of ether oxygens (including phenoxy) is 2. The van der Waals surface area contributed by atoms with Crippen molar-refractivity contribution in [3.8, 4) is 5.75 Å². The smallest absolute Gasteiger partial charge is 0.337 e. The molecule has 156 valence electrons. The van der Waals surface area contributed by atoms with Gasteiger partial charge in [-0.05, 0) is 35.4 Å². The third-order valence-corrected chi connectivity index (χ3v) is 5.06. The van der Waals surface area contributed by atoms with Gasteiger partial charge in [-0.3, -0.25) is 9.59 Å². The van der Waals surface area contributed by atoms with E-state index >= 15 is 0 Å². The van der Waals surface area contributed by atoms with Crippen LogP contribution in [0.25, 0.3) is 0 Å². The van der Waals surface area contributed by atoms with E-state index in [2.05, 4.69) is 0 Å². The molecule has 0 aliphatic carbocycles. The Morgan fingerprint density at radius 3 is 2.40 bits per heavy atom. The summed E-state index contributed by atoms with van der Waals surface area (Å²) in [6.07, 6.45) is 0.162. The van der Waals surface area contributed by atoms with Crippen molar-refractivity contribution in [2.24, 2.45) is 0 Å². The third-order valence-electron chi connectivity index (χ3n) is 5.06. The molecule has 0 spiro atoms. The fourth-order valence-corrected chi connectivity index (χ4v) is 3.51. The van der Waals surface area contributed by atoms with Gasteiger partial charge in [0, 0.05) is 13.0 Å². The van der Waals surface area contributed by atoms with E-state index in [0.29, 0.717) is 16.9 Å². The summed E-state index contributed by atoms with van der Waals surface area (Å²) in [7, 11) is 2.84. The largest absolute Gasteiger partial charge is 0.503 e. The molecule has 0 bridgehead atoms. The molecule has 1 aliphatic heterocycles. The van der Waals surface area contributed by atoms with Crippen molar-refractivity contribution < 1.29 is 29.0 Å². The molecule has 0 saturated heterocycles. The van der Waals surface area contributed by atoms with E-state index in [1.54, 1.807) is 55.5 Å². The lowest BCUT2D eigenvalue weighted by atomic mass is 9.94. The van der Waals surface area contributed by atoms with Crippen molar-refractivity contribution in [2.45, 2.75) is 25.9 Å². The predicted octanol–water partition coefficient (Wildman–Crippen LogP) is 3.36. The number of methoxy groups -OCH3 is 2. The van der Waals surface area contributed by atoms with Crippen LogP contribution < -0.4 is 4.74 Å². The van der Waals surface area contributed by atoms with E-state index in [-0.39, 0.29) is 24.3 Å².